The van der Waals surface area contributed by atoms with Crippen molar-refractivity contribution >= 4 is 50.7 Å². The molecule has 3 rings (SSSR count). The summed E-state index contributed by atoms with van der Waals surface area (Å²) in [4.78, 5) is 29.3. The normalized spacial score (nSPS) is 12.0. The number of nitrogens with one attached hydrogen (secondary N) is 1. The number of anilines is 1. The number of carbonyl (C=O) groups excluding carboxylic acids is 2. The molecule has 0 saturated heterocycles. The molecule has 1 N–H and O–H groups in total. The van der Waals surface area contributed by atoms with Crippen LogP contribution >= 0.6 is 23.2 Å². The number of halogens is 2. The molecule has 10 heteroatoms. The van der Waals surface area contributed by atoms with E-state index in [0.717, 1.165) is 34.5 Å². The van der Waals surface area contributed by atoms with Gasteiger partial charge in [-0.2, -0.15) is 0 Å². The van der Waals surface area contributed by atoms with Crippen LogP contribution < -0.4 is 9.62 Å². The van der Waals surface area contributed by atoms with Gasteiger partial charge in [-0.15, -0.1) is 0 Å². The van der Waals surface area contributed by atoms with Crippen LogP contribution in [0.15, 0.2) is 66.7 Å². The van der Waals surface area contributed by atoms with Crippen molar-refractivity contribution in [3.05, 3.63) is 99.0 Å². The van der Waals surface area contributed by atoms with Crippen LogP contribution in [0.3, 0.4) is 0 Å². The molecule has 0 aliphatic rings. The molecule has 0 aromatic heterocycles. The van der Waals surface area contributed by atoms with E-state index in [1.807, 2.05) is 56.3 Å². The molecule has 0 saturated carbocycles. The molecule has 3 aromatic carbocycles. The number of nitrogens with zero attached hydrogens (tertiary/aromatic N) is 2. The molecule has 0 fully saturated rings. The number of benzene rings is 3. The van der Waals surface area contributed by atoms with Crippen LogP contribution in [0.25, 0.3) is 0 Å². The van der Waals surface area contributed by atoms with E-state index in [9.17, 15) is 18.0 Å². The first-order valence-corrected chi connectivity index (χ1v) is 16.1. The molecule has 0 aliphatic carbocycles. The molecule has 1 atom stereocenters. The van der Waals surface area contributed by atoms with Crippen molar-refractivity contribution in [1.29, 1.82) is 0 Å². The highest BCUT2D eigenvalue weighted by Gasteiger charge is 2.34. The number of sulfonamides is 1. The van der Waals surface area contributed by atoms with Crippen molar-refractivity contribution < 1.29 is 18.0 Å². The van der Waals surface area contributed by atoms with E-state index < -0.39 is 28.5 Å². The van der Waals surface area contributed by atoms with Gasteiger partial charge >= 0.3 is 0 Å². The molecule has 7 nitrogen and oxygen atoms in total. The van der Waals surface area contributed by atoms with Gasteiger partial charge in [-0.05, 0) is 55.2 Å². The summed E-state index contributed by atoms with van der Waals surface area (Å²) in [6.07, 6.45) is 2.95. The van der Waals surface area contributed by atoms with E-state index in [1.165, 1.54) is 4.90 Å². The van der Waals surface area contributed by atoms with Gasteiger partial charge in [0, 0.05) is 35.1 Å². The van der Waals surface area contributed by atoms with E-state index in [0.29, 0.717) is 33.4 Å². The van der Waals surface area contributed by atoms with E-state index in [1.54, 1.807) is 31.2 Å². The molecule has 2 amide bonds. The van der Waals surface area contributed by atoms with Gasteiger partial charge in [0.05, 0.1) is 11.9 Å². The molecule has 220 valence electrons. The van der Waals surface area contributed by atoms with E-state index in [4.69, 9.17) is 23.2 Å². The average Bonchev–Trinajstić information content (AvgIpc) is 2.92. The van der Waals surface area contributed by atoms with Gasteiger partial charge in [-0.1, -0.05) is 85.1 Å². The molecule has 3 aromatic rings. The minimum absolute atomic E-state index is 0.0829. The quantitative estimate of drug-likeness (QED) is 0.241. The van der Waals surface area contributed by atoms with Gasteiger partial charge in [-0.25, -0.2) is 8.42 Å². The lowest BCUT2D eigenvalue weighted by molar-refractivity contribution is -0.140. The van der Waals surface area contributed by atoms with Crippen LogP contribution in [0.1, 0.15) is 42.0 Å². The van der Waals surface area contributed by atoms with Crippen molar-refractivity contribution in [2.75, 3.05) is 23.7 Å². The number of aryl methyl sites for hydroxylation is 2. The number of carbonyl (C=O) groups is 2. The first-order chi connectivity index (χ1) is 19.4. The lowest BCUT2D eigenvalue weighted by atomic mass is 10.0. The molecule has 0 radical (unpaired) electrons. The van der Waals surface area contributed by atoms with Gasteiger partial charge < -0.3 is 10.2 Å². The SMILES string of the molecule is CCCCNC(=O)[C@H](Cc1ccccc1)N(Cc1c(Cl)cccc1Cl)C(=O)CN(c1cc(C)ccc1C)S(C)(=O)=O. The minimum Gasteiger partial charge on any atom is -0.354 e. The summed E-state index contributed by atoms with van der Waals surface area (Å²) in [6, 6.07) is 18.9. The predicted octanol–water partition coefficient (Wildman–Crippen LogP) is 5.93. The largest absolute Gasteiger partial charge is 0.354 e. The van der Waals surface area contributed by atoms with Crippen LogP contribution in [0.2, 0.25) is 10.0 Å². The lowest BCUT2D eigenvalue weighted by Crippen LogP contribution is -2.53. The van der Waals surface area contributed by atoms with Crippen LogP contribution in [-0.2, 0) is 32.6 Å². The highest BCUT2D eigenvalue weighted by molar-refractivity contribution is 7.92. The van der Waals surface area contributed by atoms with E-state index >= 15 is 0 Å². The highest BCUT2D eigenvalue weighted by Crippen LogP contribution is 2.29. The molecule has 0 heterocycles. The third-order valence-electron chi connectivity index (χ3n) is 6.80. The Morgan fingerprint density at radius 3 is 2.22 bits per heavy atom. The van der Waals surface area contributed by atoms with Crippen LogP contribution in [0.5, 0.6) is 0 Å². The Labute approximate surface area is 253 Å². The zero-order chi connectivity index (χ0) is 30.2. The third-order valence-corrected chi connectivity index (χ3v) is 8.64. The van der Waals surface area contributed by atoms with Gasteiger partial charge in [0.1, 0.15) is 12.6 Å². The van der Waals surface area contributed by atoms with Gasteiger partial charge in [0.25, 0.3) is 0 Å². The third kappa shape index (κ3) is 8.96. The first kappa shape index (κ1) is 32.4. The van der Waals surface area contributed by atoms with Crippen molar-refractivity contribution in [1.82, 2.24) is 10.2 Å². The average molecular weight is 619 g/mol. The zero-order valence-corrected chi connectivity index (χ0v) is 26.2. The fourth-order valence-electron chi connectivity index (χ4n) is 4.50. The summed E-state index contributed by atoms with van der Waals surface area (Å²) in [5, 5.41) is 3.64. The van der Waals surface area contributed by atoms with Gasteiger partial charge in [-0.3, -0.25) is 13.9 Å². The summed E-state index contributed by atoms with van der Waals surface area (Å²) in [7, 11) is -3.86. The summed E-state index contributed by atoms with van der Waals surface area (Å²) in [5.74, 6) is -0.893. The molecule has 0 bridgehead atoms. The van der Waals surface area contributed by atoms with Gasteiger partial charge in [0.15, 0.2) is 0 Å². The summed E-state index contributed by atoms with van der Waals surface area (Å²) < 4.78 is 27.1. The van der Waals surface area contributed by atoms with Crippen LogP contribution in [0.4, 0.5) is 5.69 Å². The second-order valence-corrected chi connectivity index (χ2v) is 12.9. The molecule has 0 aliphatic heterocycles. The molecule has 41 heavy (non-hydrogen) atoms. The van der Waals surface area contributed by atoms with Crippen LogP contribution in [0, 0.1) is 13.8 Å². The maximum Gasteiger partial charge on any atom is 0.244 e. The Morgan fingerprint density at radius 1 is 0.951 bits per heavy atom. The number of rotatable bonds is 13. The Bertz CT molecular complexity index is 1450. The number of amides is 2. The molecule has 0 unspecified atom stereocenters. The minimum atomic E-state index is -3.86. The summed E-state index contributed by atoms with van der Waals surface area (Å²) >= 11 is 13.0. The standard InChI is InChI=1S/C31H37Cl2N3O4S/c1-5-6-17-34-31(38)29(19-24-11-8-7-9-12-24)35(20-25-26(32)13-10-14-27(25)33)30(37)21-36(41(4,39)40)28-18-22(2)15-16-23(28)3/h7-16,18,29H,5-6,17,19-21H2,1-4H3,(H,34,38)/t29-/m0/s1. The summed E-state index contributed by atoms with van der Waals surface area (Å²) in [6.45, 7) is 5.54. The number of hydrogen-bond donors (Lipinski definition) is 1. The molecular formula is C31H37Cl2N3O4S. The number of unbranched alkanes of at least 4 members (excludes halogenated alkanes) is 1. The smallest absolute Gasteiger partial charge is 0.244 e. The molecule has 0 spiro atoms. The first-order valence-electron chi connectivity index (χ1n) is 13.5. The Morgan fingerprint density at radius 2 is 1.61 bits per heavy atom. The zero-order valence-electron chi connectivity index (χ0n) is 23.9. The second kappa shape index (κ2) is 14.7. The van der Waals surface area contributed by atoms with Crippen LogP contribution in [-0.4, -0.2) is 50.5 Å². The van der Waals surface area contributed by atoms with Crippen molar-refractivity contribution in [2.45, 2.75) is 52.6 Å². The van der Waals surface area contributed by atoms with Crippen molar-refractivity contribution in [3.8, 4) is 0 Å². The topological polar surface area (TPSA) is 86.8 Å². The fourth-order valence-corrected chi connectivity index (χ4v) is 5.91. The maximum atomic E-state index is 14.2. The van der Waals surface area contributed by atoms with E-state index in [2.05, 4.69) is 5.32 Å². The Kier molecular flexibility index (Phi) is 11.6. The fraction of sp³-hybridized carbons (Fsp3) is 0.355. The maximum absolute atomic E-state index is 14.2. The van der Waals surface area contributed by atoms with Crippen molar-refractivity contribution in [3.63, 3.8) is 0 Å². The lowest BCUT2D eigenvalue weighted by Gasteiger charge is -2.34. The highest BCUT2D eigenvalue weighted by atomic mass is 35.5. The van der Waals surface area contributed by atoms with Crippen molar-refractivity contribution in [2.24, 2.45) is 0 Å². The second-order valence-electron chi connectivity index (χ2n) is 10.1. The number of hydrogen-bond acceptors (Lipinski definition) is 4. The predicted molar refractivity (Wildman–Crippen MR) is 167 cm³/mol. The monoisotopic (exact) mass is 617 g/mol. The Balaban J connectivity index is 2.11. The summed E-state index contributed by atoms with van der Waals surface area (Å²) in [5.41, 5.74) is 3.28. The molecular weight excluding hydrogens is 581 g/mol. The van der Waals surface area contributed by atoms with E-state index in [-0.39, 0.29) is 18.9 Å². The van der Waals surface area contributed by atoms with Gasteiger partial charge in [0.2, 0.25) is 21.8 Å². The Hall–Kier alpha value is -3.07.